The molecular formula is C11H21BrN2. The first-order valence-electron chi connectivity index (χ1n) is 5.75. The molecule has 0 bridgehead atoms. The van der Waals surface area contributed by atoms with E-state index in [0.29, 0.717) is 0 Å². The molecule has 0 spiro atoms. The SMILES string of the molecule is CN1CCC(CN2CCC(CBr)C2)C1. The van der Waals surface area contributed by atoms with Crippen molar-refractivity contribution in [3.63, 3.8) is 0 Å². The van der Waals surface area contributed by atoms with Crippen molar-refractivity contribution in [2.24, 2.45) is 11.8 Å². The van der Waals surface area contributed by atoms with Crippen LogP contribution in [0, 0.1) is 11.8 Å². The third kappa shape index (κ3) is 2.71. The molecule has 2 saturated heterocycles. The highest BCUT2D eigenvalue weighted by Gasteiger charge is 2.26. The normalized spacial score (nSPS) is 35.6. The van der Waals surface area contributed by atoms with Crippen LogP contribution in [0.1, 0.15) is 12.8 Å². The van der Waals surface area contributed by atoms with Crippen LogP contribution in [0.25, 0.3) is 0 Å². The fraction of sp³-hybridized carbons (Fsp3) is 1.00. The van der Waals surface area contributed by atoms with Crippen molar-refractivity contribution < 1.29 is 0 Å². The van der Waals surface area contributed by atoms with Gasteiger partial charge in [-0.15, -0.1) is 0 Å². The summed E-state index contributed by atoms with van der Waals surface area (Å²) in [5, 5.41) is 1.19. The first-order valence-corrected chi connectivity index (χ1v) is 6.87. The van der Waals surface area contributed by atoms with Gasteiger partial charge in [0.1, 0.15) is 0 Å². The summed E-state index contributed by atoms with van der Waals surface area (Å²) < 4.78 is 0. The van der Waals surface area contributed by atoms with Gasteiger partial charge in [-0.2, -0.15) is 0 Å². The van der Waals surface area contributed by atoms with Gasteiger partial charge in [-0.05, 0) is 44.8 Å². The number of nitrogens with zero attached hydrogens (tertiary/aromatic N) is 2. The maximum atomic E-state index is 3.59. The second-order valence-corrected chi connectivity index (χ2v) is 5.63. The maximum absolute atomic E-state index is 3.59. The smallest absolute Gasteiger partial charge is 0.00723 e. The van der Waals surface area contributed by atoms with Crippen LogP contribution in [-0.2, 0) is 0 Å². The Kier molecular flexibility index (Phi) is 3.86. The Morgan fingerprint density at radius 1 is 1.14 bits per heavy atom. The lowest BCUT2D eigenvalue weighted by molar-refractivity contribution is 0.269. The van der Waals surface area contributed by atoms with Crippen LogP contribution in [0.5, 0.6) is 0 Å². The van der Waals surface area contributed by atoms with Crippen molar-refractivity contribution in [1.82, 2.24) is 9.80 Å². The molecule has 0 N–H and O–H groups in total. The van der Waals surface area contributed by atoms with Crippen LogP contribution in [-0.4, -0.2) is 54.9 Å². The lowest BCUT2D eigenvalue weighted by Gasteiger charge is -2.20. The molecule has 3 heteroatoms. The van der Waals surface area contributed by atoms with E-state index < -0.39 is 0 Å². The standard InChI is InChI=1S/C11H21BrN2/c1-13-4-2-11(7-13)9-14-5-3-10(6-12)8-14/h10-11H,2-9H2,1H3. The third-order valence-corrected chi connectivity index (χ3v) is 4.51. The molecule has 14 heavy (non-hydrogen) atoms. The molecule has 0 aliphatic carbocycles. The summed E-state index contributed by atoms with van der Waals surface area (Å²) in [7, 11) is 2.24. The Morgan fingerprint density at radius 2 is 1.93 bits per heavy atom. The molecule has 2 unspecified atom stereocenters. The van der Waals surface area contributed by atoms with Gasteiger partial charge in [-0.25, -0.2) is 0 Å². The van der Waals surface area contributed by atoms with Gasteiger partial charge < -0.3 is 9.80 Å². The van der Waals surface area contributed by atoms with E-state index in [9.17, 15) is 0 Å². The van der Waals surface area contributed by atoms with E-state index in [4.69, 9.17) is 0 Å². The summed E-state index contributed by atoms with van der Waals surface area (Å²) in [6.07, 6.45) is 2.81. The Balaban J connectivity index is 1.71. The summed E-state index contributed by atoms with van der Waals surface area (Å²) >= 11 is 3.59. The molecule has 2 atom stereocenters. The van der Waals surface area contributed by atoms with Gasteiger partial charge in [-0.3, -0.25) is 0 Å². The number of alkyl halides is 1. The zero-order valence-corrected chi connectivity index (χ0v) is 10.7. The van der Waals surface area contributed by atoms with E-state index in [1.54, 1.807) is 0 Å². The minimum atomic E-state index is 0.911. The summed E-state index contributed by atoms with van der Waals surface area (Å²) in [5.74, 6) is 1.85. The van der Waals surface area contributed by atoms with Crippen LogP contribution in [0.3, 0.4) is 0 Å². The van der Waals surface area contributed by atoms with Gasteiger partial charge >= 0.3 is 0 Å². The van der Waals surface area contributed by atoms with E-state index in [1.807, 2.05) is 0 Å². The van der Waals surface area contributed by atoms with Crippen molar-refractivity contribution in [1.29, 1.82) is 0 Å². The van der Waals surface area contributed by atoms with Crippen LogP contribution in [0.4, 0.5) is 0 Å². The molecule has 2 heterocycles. The second kappa shape index (κ2) is 4.95. The molecule has 0 radical (unpaired) electrons. The predicted octanol–water partition coefficient (Wildman–Crippen LogP) is 1.65. The molecule has 0 aromatic rings. The first kappa shape index (κ1) is 10.9. The topological polar surface area (TPSA) is 6.48 Å². The molecule has 2 aliphatic rings. The summed E-state index contributed by atoms with van der Waals surface area (Å²) in [5.41, 5.74) is 0. The van der Waals surface area contributed by atoms with E-state index in [0.717, 1.165) is 11.8 Å². The summed E-state index contributed by atoms with van der Waals surface area (Å²) in [6.45, 7) is 6.62. The van der Waals surface area contributed by atoms with E-state index in [2.05, 4.69) is 32.8 Å². The Labute approximate surface area is 95.8 Å². The van der Waals surface area contributed by atoms with Crippen molar-refractivity contribution in [2.45, 2.75) is 12.8 Å². The lowest BCUT2D eigenvalue weighted by atomic mass is 10.1. The molecule has 2 rings (SSSR count). The van der Waals surface area contributed by atoms with Crippen molar-refractivity contribution >= 4 is 15.9 Å². The zero-order valence-electron chi connectivity index (χ0n) is 9.08. The third-order valence-electron chi connectivity index (χ3n) is 3.59. The quantitative estimate of drug-likeness (QED) is 0.713. The van der Waals surface area contributed by atoms with Crippen LogP contribution >= 0.6 is 15.9 Å². The maximum Gasteiger partial charge on any atom is 0.00723 e. The van der Waals surface area contributed by atoms with Crippen molar-refractivity contribution in [3.8, 4) is 0 Å². The van der Waals surface area contributed by atoms with Gasteiger partial charge in [0.05, 0.1) is 0 Å². The highest BCUT2D eigenvalue weighted by Crippen LogP contribution is 2.22. The second-order valence-electron chi connectivity index (χ2n) is 4.99. The van der Waals surface area contributed by atoms with Gasteiger partial charge in [0.15, 0.2) is 0 Å². The van der Waals surface area contributed by atoms with Crippen LogP contribution in [0.15, 0.2) is 0 Å². The zero-order chi connectivity index (χ0) is 9.97. The fourth-order valence-corrected chi connectivity index (χ4v) is 3.27. The average molecular weight is 261 g/mol. The van der Waals surface area contributed by atoms with Gasteiger partial charge in [0, 0.05) is 25.0 Å². The monoisotopic (exact) mass is 260 g/mol. The number of rotatable bonds is 3. The molecule has 0 saturated carbocycles. The van der Waals surface area contributed by atoms with Crippen molar-refractivity contribution in [3.05, 3.63) is 0 Å². The van der Waals surface area contributed by atoms with Gasteiger partial charge in [-0.1, -0.05) is 15.9 Å². The van der Waals surface area contributed by atoms with Gasteiger partial charge in [0.25, 0.3) is 0 Å². The molecule has 0 aromatic carbocycles. The molecule has 2 fully saturated rings. The van der Waals surface area contributed by atoms with Crippen LogP contribution < -0.4 is 0 Å². The largest absolute Gasteiger partial charge is 0.306 e. The number of hydrogen-bond acceptors (Lipinski definition) is 2. The Morgan fingerprint density at radius 3 is 2.50 bits per heavy atom. The average Bonchev–Trinajstić information content (AvgIpc) is 2.76. The molecule has 2 aliphatic heterocycles. The first-order chi connectivity index (χ1) is 6.78. The molecule has 2 nitrogen and oxygen atoms in total. The fourth-order valence-electron chi connectivity index (χ4n) is 2.75. The van der Waals surface area contributed by atoms with E-state index in [-0.39, 0.29) is 0 Å². The number of likely N-dealkylation sites (tertiary alicyclic amines) is 2. The number of halogens is 1. The minimum absolute atomic E-state index is 0.911. The Bertz CT molecular complexity index is 186. The molecular weight excluding hydrogens is 240 g/mol. The van der Waals surface area contributed by atoms with Crippen LogP contribution in [0.2, 0.25) is 0 Å². The molecule has 82 valence electrons. The lowest BCUT2D eigenvalue weighted by Crippen LogP contribution is -2.29. The van der Waals surface area contributed by atoms with E-state index >= 15 is 0 Å². The highest BCUT2D eigenvalue weighted by atomic mass is 79.9. The minimum Gasteiger partial charge on any atom is -0.306 e. The molecule has 0 amide bonds. The molecule has 0 aromatic heterocycles. The van der Waals surface area contributed by atoms with E-state index in [1.165, 1.54) is 50.9 Å². The summed E-state index contributed by atoms with van der Waals surface area (Å²) in [6, 6.07) is 0. The van der Waals surface area contributed by atoms with Crippen molar-refractivity contribution in [2.75, 3.05) is 45.1 Å². The number of hydrogen-bond donors (Lipinski definition) is 0. The highest BCUT2D eigenvalue weighted by molar-refractivity contribution is 9.09. The Hall–Kier alpha value is 0.400. The summed E-state index contributed by atoms with van der Waals surface area (Å²) in [4.78, 5) is 5.12. The predicted molar refractivity (Wildman–Crippen MR) is 63.9 cm³/mol. The van der Waals surface area contributed by atoms with Gasteiger partial charge in [0.2, 0.25) is 0 Å².